The van der Waals surface area contributed by atoms with Gasteiger partial charge in [0.1, 0.15) is 5.82 Å². The number of carbonyl (C=O) groups is 1. The SMILES string of the molecule is CCN1CCC(NC(=O)NC(c2nnc3n2CCC3)C(C)C)CC1. The molecular formula is C17H30N6O. The van der Waals surface area contributed by atoms with Gasteiger partial charge < -0.3 is 20.1 Å². The number of fused-ring (bicyclic) bond motifs is 1. The maximum Gasteiger partial charge on any atom is 0.315 e. The van der Waals surface area contributed by atoms with Gasteiger partial charge in [-0.1, -0.05) is 20.8 Å². The van der Waals surface area contributed by atoms with Crippen LogP contribution >= 0.6 is 0 Å². The van der Waals surface area contributed by atoms with Gasteiger partial charge in [-0.15, -0.1) is 10.2 Å². The van der Waals surface area contributed by atoms with E-state index >= 15 is 0 Å². The van der Waals surface area contributed by atoms with Crippen LogP contribution in [0.5, 0.6) is 0 Å². The number of aryl methyl sites for hydroxylation is 1. The summed E-state index contributed by atoms with van der Waals surface area (Å²) < 4.78 is 2.17. The molecule has 2 aliphatic heterocycles. The molecule has 1 saturated heterocycles. The Morgan fingerprint density at radius 1 is 1.25 bits per heavy atom. The van der Waals surface area contributed by atoms with Gasteiger partial charge in [-0.2, -0.15) is 0 Å². The highest BCUT2D eigenvalue weighted by Crippen LogP contribution is 2.24. The van der Waals surface area contributed by atoms with Gasteiger partial charge in [-0.3, -0.25) is 0 Å². The lowest BCUT2D eigenvalue weighted by Crippen LogP contribution is -2.49. The number of hydrogen-bond donors (Lipinski definition) is 2. The Hall–Kier alpha value is -1.63. The van der Waals surface area contributed by atoms with E-state index in [2.05, 4.69) is 51.1 Å². The zero-order valence-electron chi connectivity index (χ0n) is 15.1. The molecule has 0 aliphatic carbocycles. The van der Waals surface area contributed by atoms with Crippen LogP contribution in [0, 0.1) is 5.92 Å². The fourth-order valence-corrected chi connectivity index (χ4v) is 3.69. The van der Waals surface area contributed by atoms with E-state index in [0.717, 1.165) is 63.5 Å². The van der Waals surface area contributed by atoms with E-state index < -0.39 is 0 Å². The van der Waals surface area contributed by atoms with Crippen molar-refractivity contribution < 1.29 is 4.79 Å². The Bertz CT molecular complexity index is 561. The van der Waals surface area contributed by atoms with Crippen LogP contribution in [0.3, 0.4) is 0 Å². The number of amides is 2. The van der Waals surface area contributed by atoms with Crippen molar-refractivity contribution in [1.29, 1.82) is 0 Å². The van der Waals surface area contributed by atoms with Crippen molar-refractivity contribution in [3.05, 3.63) is 11.6 Å². The smallest absolute Gasteiger partial charge is 0.315 e. The number of likely N-dealkylation sites (tertiary alicyclic amines) is 1. The molecule has 3 heterocycles. The van der Waals surface area contributed by atoms with Crippen LogP contribution in [0.15, 0.2) is 0 Å². The van der Waals surface area contributed by atoms with Crippen molar-refractivity contribution in [1.82, 2.24) is 30.3 Å². The van der Waals surface area contributed by atoms with Crippen molar-refractivity contribution in [3.8, 4) is 0 Å². The number of urea groups is 1. The lowest BCUT2D eigenvalue weighted by Gasteiger charge is -2.32. The molecule has 2 amide bonds. The third kappa shape index (κ3) is 3.71. The Morgan fingerprint density at radius 3 is 2.67 bits per heavy atom. The summed E-state index contributed by atoms with van der Waals surface area (Å²) in [7, 11) is 0. The Kier molecular flexibility index (Phi) is 5.38. The van der Waals surface area contributed by atoms with Gasteiger partial charge in [-0.25, -0.2) is 4.79 Å². The van der Waals surface area contributed by atoms with Crippen molar-refractivity contribution >= 4 is 6.03 Å². The molecule has 1 aromatic rings. The molecule has 134 valence electrons. The molecule has 0 spiro atoms. The van der Waals surface area contributed by atoms with Crippen LogP contribution in [0.25, 0.3) is 0 Å². The van der Waals surface area contributed by atoms with E-state index in [0.29, 0.717) is 0 Å². The van der Waals surface area contributed by atoms with E-state index in [4.69, 9.17) is 0 Å². The zero-order chi connectivity index (χ0) is 17.1. The minimum Gasteiger partial charge on any atom is -0.335 e. The second-order valence-electron chi connectivity index (χ2n) is 7.28. The number of piperidine rings is 1. The minimum absolute atomic E-state index is 0.0843. The molecule has 1 atom stereocenters. The summed E-state index contributed by atoms with van der Waals surface area (Å²) in [5, 5.41) is 14.9. The van der Waals surface area contributed by atoms with E-state index in [1.54, 1.807) is 0 Å². The van der Waals surface area contributed by atoms with Crippen molar-refractivity contribution in [2.75, 3.05) is 19.6 Å². The predicted octanol–water partition coefficient (Wildman–Crippen LogP) is 1.70. The quantitative estimate of drug-likeness (QED) is 0.859. The average Bonchev–Trinajstić information content (AvgIpc) is 3.17. The molecule has 0 radical (unpaired) electrons. The molecule has 2 aliphatic rings. The molecule has 24 heavy (non-hydrogen) atoms. The number of carbonyl (C=O) groups excluding carboxylic acids is 1. The van der Waals surface area contributed by atoms with E-state index in [1.807, 2.05) is 0 Å². The summed E-state index contributed by atoms with van der Waals surface area (Å²) in [4.78, 5) is 14.9. The second kappa shape index (κ2) is 7.51. The van der Waals surface area contributed by atoms with Gasteiger partial charge in [-0.05, 0) is 31.7 Å². The summed E-state index contributed by atoms with van der Waals surface area (Å²) >= 11 is 0. The van der Waals surface area contributed by atoms with Crippen molar-refractivity contribution in [2.24, 2.45) is 5.92 Å². The molecule has 1 aromatic heterocycles. The number of aromatic nitrogens is 3. The molecule has 7 nitrogen and oxygen atoms in total. The van der Waals surface area contributed by atoms with Gasteiger partial charge in [0.15, 0.2) is 5.82 Å². The maximum absolute atomic E-state index is 12.5. The van der Waals surface area contributed by atoms with Gasteiger partial charge in [0.2, 0.25) is 0 Å². The monoisotopic (exact) mass is 334 g/mol. The lowest BCUT2D eigenvalue weighted by molar-refractivity contribution is 0.195. The topological polar surface area (TPSA) is 75.1 Å². The summed E-state index contributed by atoms with van der Waals surface area (Å²) in [6, 6.07) is 0.0869. The molecular weight excluding hydrogens is 304 g/mol. The lowest BCUT2D eigenvalue weighted by atomic mass is 10.0. The Labute approximate surface area is 144 Å². The number of nitrogens with zero attached hydrogens (tertiary/aromatic N) is 4. The predicted molar refractivity (Wildman–Crippen MR) is 92.7 cm³/mol. The minimum atomic E-state index is -0.0971. The summed E-state index contributed by atoms with van der Waals surface area (Å²) in [6.45, 7) is 10.6. The zero-order valence-corrected chi connectivity index (χ0v) is 15.1. The highest BCUT2D eigenvalue weighted by atomic mass is 16.2. The molecule has 1 unspecified atom stereocenters. The normalized spacial score (nSPS) is 20.2. The molecule has 0 aromatic carbocycles. The summed E-state index contributed by atoms with van der Waals surface area (Å²) in [6.07, 6.45) is 4.15. The van der Waals surface area contributed by atoms with Crippen LogP contribution in [0.4, 0.5) is 4.79 Å². The van der Waals surface area contributed by atoms with E-state index in [-0.39, 0.29) is 24.0 Å². The first-order valence-corrected chi connectivity index (χ1v) is 9.29. The van der Waals surface area contributed by atoms with Crippen LogP contribution < -0.4 is 10.6 Å². The van der Waals surface area contributed by atoms with Crippen molar-refractivity contribution in [2.45, 2.75) is 65.1 Å². The molecule has 1 fully saturated rings. The van der Waals surface area contributed by atoms with Gasteiger partial charge in [0, 0.05) is 32.1 Å². The summed E-state index contributed by atoms with van der Waals surface area (Å²) in [5.41, 5.74) is 0. The first-order chi connectivity index (χ1) is 11.6. The van der Waals surface area contributed by atoms with Crippen LogP contribution in [0.1, 0.15) is 57.7 Å². The molecule has 3 rings (SSSR count). The first-order valence-electron chi connectivity index (χ1n) is 9.29. The van der Waals surface area contributed by atoms with E-state index in [9.17, 15) is 4.79 Å². The molecule has 7 heteroatoms. The van der Waals surface area contributed by atoms with Gasteiger partial charge in [0.05, 0.1) is 6.04 Å². The molecule has 2 N–H and O–H groups in total. The highest BCUT2D eigenvalue weighted by molar-refractivity contribution is 5.74. The number of nitrogens with one attached hydrogen (secondary N) is 2. The second-order valence-corrected chi connectivity index (χ2v) is 7.28. The number of rotatable bonds is 5. The van der Waals surface area contributed by atoms with Crippen LogP contribution in [-0.2, 0) is 13.0 Å². The third-order valence-corrected chi connectivity index (χ3v) is 5.24. The average molecular weight is 334 g/mol. The number of hydrogen-bond acceptors (Lipinski definition) is 4. The maximum atomic E-state index is 12.5. The molecule has 0 bridgehead atoms. The highest BCUT2D eigenvalue weighted by Gasteiger charge is 2.28. The fraction of sp³-hybridized carbons (Fsp3) is 0.824. The Morgan fingerprint density at radius 2 is 2.00 bits per heavy atom. The summed E-state index contributed by atoms with van der Waals surface area (Å²) in [5.74, 6) is 2.21. The molecule has 0 saturated carbocycles. The van der Waals surface area contributed by atoms with Gasteiger partial charge in [0.25, 0.3) is 0 Å². The van der Waals surface area contributed by atoms with Crippen molar-refractivity contribution in [3.63, 3.8) is 0 Å². The standard InChI is InChI=1S/C17H30N6O/c1-4-22-10-7-13(8-11-22)18-17(24)19-15(12(2)3)16-21-20-14-6-5-9-23(14)16/h12-13,15H,4-11H2,1-3H3,(H2,18,19,24). The van der Waals surface area contributed by atoms with Gasteiger partial charge >= 0.3 is 6.03 Å². The first kappa shape index (κ1) is 17.2. The Balaban J connectivity index is 1.58. The largest absolute Gasteiger partial charge is 0.335 e. The van der Waals surface area contributed by atoms with E-state index in [1.165, 1.54) is 0 Å². The van der Waals surface area contributed by atoms with Crippen LogP contribution in [-0.4, -0.2) is 51.4 Å². The third-order valence-electron chi connectivity index (χ3n) is 5.24. The fourth-order valence-electron chi connectivity index (χ4n) is 3.69. The van der Waals surface area contributed by atoms with Crippen LogP contribution in [0.2, 0.25) is 0 Å².